The van der Waals surface area contributed by atoms with Crippen LogP contribution < -0.4 is 5.32 Å². The van der Waals surface area contributed by atoms with Crippen LogP contribution in [0.3, 0.4) is 0 Å². The van der Waals surface area contributed by atoms with E-state index in [2.05, 4.69) is 0 Å². The molecule has 0 aliphatic rings. The van der Waals surface area contributed by atoms with Crippen molar-refractivity contribution in [2.45, 2.75) is 11.7 Å². The summed E-state index contributed by atoms with van der Waals surface area (Å²) in [5, 5.41) is 10.4. The predicted octanol–water partition coefficient (Wildman–Crippen LogP) is 1.80. The van der Waals surface area contributed by atoms with Gasteiger partial charge in [-0.2, -0.15) is 0 Å². The van der Waals surface area contributed by atoms with Crippen molar-refractivity contribution in [1.29, 1.82) is 0 Å². The third-order valence-electron chi connectivity index (χ3n) is 2.19. The van der Waals surface area contributed by atoms with Gasteiger partial charge in [-0.15, -0.1) is 11.8 Å². The molecule has 2 N–H and O–H groups in total. The number of hydrogen-bond donors (Lipinski definition) is 2. The highest BCUT2D eigenvalue weighted by Gasteiger charge is 2.27. The molecule has 3 nitrogen and oxygen atoms in total. The minimum atomic E-state index is -3.29. The number of hydrogen-bond acceptors (Lipinski definition) is 3. The normalized spacial score (nSPS) is 11.4. The summed E-state index contributed by atoms with van der Waals surface area (Å²) in [7, 11) is 0. The zero-order chi connectivity index (χ0) is 14.3. The van der Waals surface area contributed by atoms with E-state index in [0.29, 0.717) is 5.75 Å². The van der Waals surface area contributed by atoms with Gasteiger partial charge in [-0.05, 0) is 17.7 Å². The fourth-order valence-corrected chi connectivity index (χ4v) is 1.99. The Hall–Kier alpha value is -1.21. The highest BCUT2D eigenvalue weighted by molar-refractivity contribution is 7.99. The van der Waals surface area contributed by atoms with E-state index < -0.39 is 25.0 Å². The summed E-state index contributed by atoms with van der Waals surface area (Å²) >= 11 is 1.24. The Labute approximate surface area is 113 Å². The van der Waals surface area contributed by atoms with Gasteiger partial charge in [-0.1, -0.05) is 12.1 Å². The van der Waals surface area contributed by atoms with Crippen LogP contribution in [0.5, 0.6) is 0 Å². The van der Waals surface area contributed by atoms with Gasteiger partial charge in [0, 0.05) is 5.75 Å². The van der Waals surface area contributed by atoms with Crippen molar-refractivity contribution in [2.75, 3.05) is 18.9 Å². The lowest BCUT2D eigenvalue weighted by molar-refractivity contribution is -0.121. The van der Waals surface area contributed by atoms with E-state index in [0.717, 1.165) is 5.56 Å². The molecule has 0 radical (unpaired) electrons. The quantitative estimate of drug-likeness (QED) is 0.806. The number of benzene rings is 1. The Kier molecular flexibility index (Phi) is 6.17. The second-order valence-corrected chi connectivity index (χ2v) is 4.90. The topological polar surface area (TPSA) is 49.3 Å². The highest BCUT2D eigenvalue weighted by atomic mass is 32.2. The molecule has 0 atom stereocenters. The van der Waals surface area contributed by atoms with Crippen molar-refractivity contribution in [1.82, 2.24) is 5.32 Å². The van der Waals surface area contributed by atoms with Crippen molar-refractivity contribution >= 4 is 17.7 Å². The molecule has 19 heavy (non-hydrogen) atoms. The molecule has 0 spiro atoms. The molecule has 0 aromatic heterocycles. The molecule has 1 rings (SSSR count). The largest absolute Gasteiger partial charge is 0.390 e. The summed E-state index contributed by atoms with van der Waals surface area (Å²) in [6.45, 7) is -2.17. The van der Waals surface area contributed by atoms with Gasteiger partial charge in [0.1, 0.15) is 12.4 Å². The lowest BCUT2D eigenvalue weighted by atomic mass is 10.2. The van der Waals surface area contributed by atoms with Crippen LogP contribution in [0.25, 0.3) is 0 Å². The third kappa shape index (κ3) is 6.49. The number of aliphatic hydroxyl groups excluding tert-OH is 1. The lowest BCUT2D eigenvalue weighted by Gasteiger charge is -2.13. The fourth-order valence-electron chi connectivity index (χ4n) is 1.18. The van der Waals surface area contributed by atoms with Crippen LogP contribution in [0.2, 0.25) is 0 Å². The lowest BCUT2D eigenvalue weighted by Crippen LogP contribution is -2.39. The molecule has 106 valence electrons. The smallest absolute Gasteiger partial charge is 0.287 e. The van der Waals surface area contributed by atoms with Crippen LogP contribution >= 0.6 is 11.8 Å². The van der Waals surface area contributed by atoms with Gasteiger partial charge in [-0.3, -0.25) is 4.79 Å². The zero-order valence-corrected chi connectivity index (χ0v) is 10.9. The molecule has 1 aromatic carbocycles. The molecular weight excluding hydrogens is 279 g/mol. The van der Waals surface area contributed by atoms with Gasteiger partial charge in [-0.25, -0.2) is 13.2 Å². The Morgan fingerprint density at radius 3 is 2.53 bits per heavy atom. The molecule has 1 aromatic rings. The van der Waals surface area contributed by atoms with Crippen molar-refractivity contribution in [3.05, 3.63) is 35.6 Å². The fraction of sp³-hybridized carbons (Fsp3) is 0.417. The number of carbonyl (C=O) groups is 1. The van der Waals surface area contributed by atoms with E-state index in [1.807, 2.05) is 5.32 Å². The maximum atomic E-state index is 12.6. The average molecular weight is 293 g/mol. The van der Waals surface area contributed by atoms with E-state index in [-0.39, 0.29) is 11.6 Å². The maximum Gasteiger partial charge on any atom is 0.287 e. The third-order valence-corrected chi connectivity index (χ3v) is 3.19. The second kappa shape index (κ2) is 7.40. The molecule has 0 heterocycles. The van der Waals surface area contributed by atoms with Crippen molar-refractivity contribution in [3.8, 4) is 0 Å². The van der Waals surface area contributed by atoms with E-state index in [4.69, 9.17) is 5.11 Å². The summed E-state index contributed by atoms with van der Waals surface area (Å²) in [5.74, 6) is -3.64. The summed E-state index contributed by atoms with van der Waals surface area (Å²) in [5.41, 5.74) is 0.847. The number of thioether (sulfide) groups is 1. The highest BCUT2D eigenvalue weighted by Crippen LogP contribution is 2.13. The summed E-state index contributed by atoms with van der Waals surface area (Å²) in [4.78, 5) is 11.2. The van der Waals surface area contributed by atoms with Crippen molar-refractivity contribution < 1.29 is 23.1 Å². The van der Waals surface area contributed by atoms with Crippen LogP contribution in [0.1, 0.15) is 5.56 Å². The van der Waals surface area contributed by atoms with Crippen molar-refractivity contribution in [3.63, 3.8) is 0 Å². The van der Waals surface area contributed by atoms with Gasteiger partial charge in [0.15, 0.2) is 0 Å². The minimum absolute atomic E-state index is 0.0267. The molecule has 0 fully saturated rings. The number of carbonyl (C=O) groups excluding carboxylic acids is 1. The molecular formula is C12H14F3NO2S. The summed E-state index contributed by atoms with van der Waals surface area (Å²) in [6.07, 6.45) is 0. The first-order chi connectivity index (χ1) is 8.93. The molecule has 1 amide bonds. The molecule has 0 saturated carbocycles. The van der Waals surface area contributed by atoms with Crippen molar-refractivity contribution in [2.24, 2.45) is 0 Å². The molecule has 7 heteroatoms. The first-order valence-corrected chi connectivity index (χ1v) is 6.66. The van der Waals surface area contributed by atoms with Crippen LogP contribution in [0, 0.1) is 5.82 Å². The summed E-state index contributed by atoms with van der Waals surface area (Å²) < 4.78 is 37.9. The first-order valence-electron chi connectivity index (χ1n) is 5.50. The van der Waals surface area contributed by atoms with E-state index in [1.165, 1.54) is 23.9 Å². The number of halogens is 3. The minimum Gasteiger partial charge on any atom is -0.390 e. The number of amides is 1. The molecule has 0 saturated heterocycles. The van der Waals surface area contributed by atoms with Crippen LogP contribution in [0.15, 0.2) is 24.3 Å². The van der Waals surface area contributed by atoms with E-state index in [9.17, 15) is 18.0 Å². The van der Waals surface area contributed by atoms with Gasteiger partial charge < -0.3 is 10.4 Å². The number of rotatable bonds is 7. The Bertz CT molecular complexity index is 412. The zero-order valence-electron chi connectivity index (χ0n) is 10.0. The number of alkyl halides is 2. The van der Waals surface area contributed by atoms with Gasteiger partial charge in [0.05, 0.1) is 12.3 Å². The van der Waals surface area contributed by atoms with E-state index in [1.54, 1.807) is 12.1 Å². The van der Waals surface area contributed by atoms with Crippen LogP contribution in [0.4, 0.5) is 13.2 Å². The van der Waals surface area contributed by atoms with Crippen LogP contribution in [-0.2, 0) is 10.5 Å². The number of aliphatic hydroxyl groups is 1. The second-order valence-electron chi connectivity index (χ2n) is 3.91. The van der Waals surface area contributed by atoms with Crippen LogP contribution in [-0.4, -0.2) is 35.8 Å². The SMILES string of the molecule is O=C(CSCc1ccc(F)cc1)NCC(F)(F)CO. The number of nitrogens with one attached hydrogen (secondary N) is 1. The molecule has 0 aliphatic heterocycles. The van der Waals surface area contributed by atoms with Gasteiger partial charge >= 0.3 is 0 Å². The monoisotopic (exact) mass is 293 g/mol. The molecule has 0 aliphatic carbocycles. The standard InChI is InChI=1S/C12H14F3NO2S/c13-10-3-1-9(2-4-10)5-19-6-11(18)16-7-12(14,15)8-17/h1-4,17H,5-8H2,(H,16,18). The summed E-state index contributed by atoms with van der Waals surface area (Å²) in [6, 6.07) is 5.83. The van der Waals surface area contributed by atoms with E-state index >= 15 is 0 Å². The predicted molar refractivity (Wildman–Crippen MR) is 67.6 cm³/mol. The first kappa shape index (κ1) is 15.8. The van der Waals surface area contributed by atoms with Gasteiger partial charge in [0.25, 0.3) is 5.92 Å². The maximum absolute atomic E-state index is 12.6. The Morgan fingerprint density at radius 2 is 1.95 bits per heavy atom. The average Bonchev–Trinajstić information content (AvgIpc) is 2.39. The molecule has 0 unspecified atom stereocenters. The Morgan fingerprint density at radius 1 is 1.32 bits per heavy atom. The molecule has 0 bridgehead atoms. The Balaban J connectivity index is 2.22. The van der Waals surface area contributed by atoms with Gasteiger partial charge in [0.2, 0.25) is 5.91 Å².